The molecule has 2 aromatic rings. The number of ether oxygens (including phenoxy) is 1. The van der Waals surface area contributed by atoms with E-state index in [0.717, 1.165) is 50.4 Å². The third-order valence-corrected chi connectivity index (χ3v) is 5.26. The zero-order valence-electron chi connectivity index (χ0n) is 16.2. The maximum absolute atomic E-state index is 12.1. The van der Waals surface area contributed by atoms with Crippen molar-refractivity contribution in [3.05, 3.63) is 42.6 Å². The van der Waals surface area contributed by atoms with Crippen LogP contribution in [0.15, 0.2) is 42.6 Å². The summed E-state index contributed by atoms with van der Waals surface area (Å²) in [6.45, 7) is 4.98. The minimum atomic E-state index is -0.349. The molecule has 0 spiro atoms. The molecule has 0 radical (unpaired) electrons. The van der Waals surface area contributed by atoms with Crippen molar-refractivity contribution in [2.75, 3.05) is 55.4 Å². The zero-order chi connectivity index (χ0) is 19.3. The minimum absolute atomic E-state index is 0.120. The number of nitrogens with zero attached hydrogens (tertiary/aromatic N) is 3. The second kappa shape index (κ2) is 8.58. The van der Waals surface area contributed by atoms with E-state index in [1.165, 1.54) is 5.69 Å². The number of hydrogen-bond acceptors (Lipinski definition) is 6. The largest absolute Gasteiger partial charge is 0.369 e. The molecule has 2 saturated heterocycles. The number of carbonyl (C=O) groups is 1. The number of nitrogens with one attached hydrogen (secondary N) is 2. The number of hydrogen-bond donors (Lipinski definition) is 2. The van der Waals surface area contributed by atoms with Crippen LogP contribution >= 0.6 is 0 Å². The molecular formula is C21H27N5O2. The van der Waals surface area contributed by atoms with Crippen LogP contribution in [0.2, 0.25) is 0 Å². The monoisotopic (exact) mass is 381 g/mol. The molecule has 4 rings (SSSR count). The Kier molecular flexibility index (Phi) is 5.73. The first-order chi connectivity index (χ1) is 13.7. The number of piperazine rings is 1. The molecule has 2 aliphatic rings. The van der Waals surface area contributed by atoms with Crippen molar-refractivity contribution in [3.63, 3.8) is 0 Å². The van der Waals surface area contributed by atoms with Gasteiger partial charge in [0.15, 0.2) is 0 Å². The van der Waals surface area contributed by atoms with Gasteiger partial charge in [0.25, 0.3) is 5.91 Å². The lowest BCUT2D eigenvalue weighted by molar-refractivity contribution is -0.124. The first kappa shape index (κ1) is 18.7. The highest BCUT2D eigenvalue weighted by Gasteiger charge is 2.23. The van der Waals surface area contributed by atoms with Gasteiger partial charge in [-0.05, 0) is 56.3 Å². The summed E-state index contributed by atoms with van der Waals surface area (Å²) < 4.78 is 5.39. The van der Waals surface area contributed by atoms with Crippen LogP contribution in [0.3, 0.4) is 0 Å². The molecule has 0 aliphatic carbocycles. The molecule has 2 fully saturated rings. The maximum atomic E-state index is 12.1. The maximum Gasteiger partial charge on any atom is 0.254 e. The van der Waals surface area contributed by atoms with E-state index in [-0.39, 0.29) is 12.0 Å². The van der Waals surface area contributed by atoms with Gasteiger partial charge in [0.1, 0.15) is 11.9 Å². The normalized spacial score (nSPS) is 20.2. The third-order valence-electron chi connectivity index (χ3n) is 5.26. The number of carbonyl (C=O) groups excluding carboxylic acids is 1. The van der Waals surface area contributed by atoms with Crippen LogP contribution in [0, 0.1) is 0 Å². The van der Waals surface area contributed by atoms with E-state index in [2.05, 4.69) is 56.7 Å². The summed E-state index contributed by atoms with van der Waals surface area (Å²) in [7, 11) is 2.16. The summed E-state index contributed by atoms with van der Waals surface area (Å²) in [5.74, 6) is 0.418. The Bertz CT molecular complexity index is 779. The minimum Gasteiger partial charge on any atom is -0.369 e. The summed E-state index contributed by atoms with van der Waals surface area (Å²) in [4.78, 5) is 21.2. The number of aromatic nitrogens is 1. The SMILES string of the molecule is CN1CCN(c2ccc(Nc3ccc(NC(=O)C4CCCO4)nc3)cc2)CC1. The van der Waals surface area contributed by atoms with Gasteiger partial charge in [0.2, 0.25) is 0 Å². The lowest BCUT2D eigenvalue weighted by Gasteiger charge is -2.34. The van der Waals surface area contributed by atoms with Crippen LogP contribution in [0.4, 0.5) is 22.9 Å². The molecule has 7 nitrogen and oxygen atoms in total. The predicted octanol–water partition coefficient (Wildman–Crippen LogP) is 2.69. The molecule has 1 unspecified atom stereocenters. The summed E-state index contributed by atoms with van der Waals surface area (Å²) in [6.07, 6.45) is 3.08. The van der Waals surface area contributed by atoms with Crippen molar-refractivity contribution in [2.45, 2.75) is 18.9 Å². The zero-order valence-corrected chi connectivity index (χ0v) is 16.2. The summed E-state index contributed by atoms with van der Waals surface area (Å²) >= 11 is 0. The van der Waals surface area contributed by atoms with Gasteiger partial charge in [-0.3, -0.25) is 4.79 Å². The molecule has 28 heavy (non-hydrogen) atoms. The fraction of sp³-hybridized carbons (Fsp3) is 0.429. The number of benzene rings is 1. The van der Waals surface area contributed by atoms with Crippen molar-refractivity contribution < 1.29 is 9.53 Å². The standard InChI is InChI=1S/C21H27N5O2/c1-25-10-12-26(13-11-25)18-7-4-16(5-8-18)23-17-6-9-20(22-15-17)24-21(27)19-3-2-14-28-19/h4-9,15,19,23H,2-3,10-14H2,1H3,(H,22,24,27). The third kappa shape index (κ3) is 4.61. The van der Waals surface area contributed by atoms with Gasteiger partial charge in [-0.2, -0.15) is 0 Å². The second-order valence-corrected chi connectivity index (χ2v) is 7.39. The Morgan fingerprint density at radius 3 is 2.46 bits per heavy atom. The van der Waals surface area contributed by atoms with Gasteiger partial charge in [-0.15, -0.1) is 0 Å². The highest BCUT2D eigenvalue weighted by Crippen LogP contribution is 2.22. The van der Waals surface area contributed by atoms with E-state index in [0.29, 0.717) is 12.4 Å². The van der Waals surface area contributed by atoms with Crippen LogP contribution < -0.4 is 15.5 Å². The number of pyridine rings is 1. The summed E-state index contributed by atoms with van der Waals surface area (Å²) in [5, 5.41) is 6.16. The number of likely N-dealkylation sites (N-methyl/N-ethyl adjacent to an activating group) is 1. The van der Waals surface area contributed by atoms with E-state index >= 15 is 0 Å². The van der Waals surface area contributed by atoms with Crippen LogP contribution in [0.25, 0.3) is 0 Å². The van der Waals surface area contributed by atoms with E-state index < -0.39 is 0 Å². The lowest BCUT2D eigenvalue weighted by atomic mass is 10.2. The van der Waals surface area contributed by atoms with Crippen molar-refractivity contribution in [3.8, 4) is 0 Å². The van der Waals surface area contributed by atoms with Gasteiger partial charge in [0.05, 0.1) is 11.9 Å². The van der Waals surface area contributed by atoms with Crippen LogP contribution in [-0.2, 0) is 9.53 Å². The predicted molar refractivity (Wildman–Crippen MR) is 111 cm³/mol. The highest BCUT2D eigenvalue weighted by molar-refractivity contribution is 5.93. The molecule has 2 N–H and O–H groups in total. The van der Waals surface area contributed by atoms with Gasteiger partial charge >= 0.3 is 0 Å². The van der Waals surface area contributed by atoms with Gasteiger partial charge < -0.3 is 25.2 Å². The summed E-state index contributed by atoms with van der Waals surface area (Å²) in [6, 6.07) is 12.2. The first-order valence-electron chi connectivity index (χ1n) is 9.86. The van der Waals surface area contributed by atoms with Crippen molar-refractivity contribution >= 4 is 28.8 Å². The highest BCUT2D eigenvalue weighted by atomic mass is 16.5. The first-order valence-corrected chi connectivity index (χ1v) is 9.86. The van der Waals surface area contributed by atoms with Gasteiger partial charge in [-0.1, -0.05) is 0 Å². The Morgan fingerprint density at radius 1 is 1.07 bits per heavy atom. The van der Waals surface area contributed by atoms with Crippen molar-refractivity contribution in [1.29, 1.82) is 0 Å². The van der Waals surface area contributed by atoms with Crippen molar-refractivity contribution in [2.24, 2.45) is 0 Å². The average Bonchev–Trinajstić information content (AvgIpc) is 3.26. The molecule has 1 aromatic carbocycles. The molecule has 2 aliphatic heterocycles. The van der Waals surface area contributed by atoms with E-state index in [9.17, 15) is 4.79 Å². The van der Waals surface area contributed by atoms with Crippen LogP contribution in [-0.4, -0.2) is 61.7 Å². The van der Waals surface area contributed by atoms with Crippen molar-refractivity contribution in [1.82, 2.24) is 9.88 Å². The summed E-state index contributed by atoms with van der Waals surface area (Å²) in [5.41, 5.74) is 3.14. The van der Waals surface area contributed by atoms with E-state index in [1.54, 1.807) is 12.3 Å². The smallest absolute Gasteiger partial charge is 0.254 e. The molecule has 0 saturated carbocycles. The molecular weight excluding hydrogens is 354 g/mol. The lowest BCUT2D eigenvalue weighted by Crippen LogP contribution is -2.44. The van der Waals surface area contributed by atoms with E-state index in [1.807, 2.05) is 6.07 Å². The molecule has 148 valence electrons. The molecule has 7 heteroatoms. The van der Waals surface area contributed by atoms with Gasteiger partial charge in [0, 0.05) is 44.2 Å². The molecule has 1 amide bonds. The quantitative estimate of drug-likeness (QED) is 0.830. The average molecular weight is 381 g/mol. The van der Waals surface area contributed by atoms with Crippen LogP contribution in [0.5, 0.6) is 0 Å². The Labute approximate surface area is 165 Å². The fourth-order valence-electron chi connectivity index (χ4n) is 3.52. The number of anilines is 4. The fourth-order valence-corrected chi connectivity index (χ4v) is 3.52. The van der Waals surface area contributed by atoms with Gasteiger partial charge in [-0.25, -0.2) is 4.98 Å². The van der Waals surface area contributed by atoms with Crippen LogP contribution in [0.1, 0.15) is 12.8 Å². The Morgan fingerprint density at radius 2 is 1.82 bits per heavy atom. The molecule has 0 bridgehead atoms. The Hall–Kier alpha value is -2.64. The second-order valence-electron chi connectivity index (χ2n) is 7.39. The number of rotatable bonds is 5. The molecule has 3 heterocycles. The van der Waals surface area contributed by atoms with E-state index in [4.69, 9.17) is 4.74 Å². The molecule has 1 aromatic heterocycles. The number of amides is 1. The Balaban J connectivity index is 1.32. The topological polar surface area (TPSA) is 69.7 Å². The molecule has 1 atom stereocenters.